The quantitative estimate of drug-likeness (QED) is 0.448. The maximum atomic E-state index is 13.4. The second kappa shape index (κ2) is 9.36. The van der Waals surface area contributed by atoms with E-state index in [9.17, 15) is 4.79 Å². The number of ether oxygens (including phenoxy) is 2. The molecule has 9 nitrogen and oxygen atoms in total. The molecule has 3 heterocycles. The van der Waals surface area contributed by atoms with E-state index in [1.807, 2.05) is 37.3 Å². The van der Waals surface area contributed by atoms with Crippen LogP contribution in [0.5, 0.6) is 5.75 Å². The minimum Gasteiger partial charge on any atom is -0.497 e. The van der Waals surface area contributed by atoms with Crippen molar-refractivity contribution in [2.45, 2.75) is 26.4 Å². The van der Waals surface area contributed by atoms with Crippen molar-refractivity contribution >= 4 is 10.9 Å². The van der Waals surface area contributed by atoms with E-state index in [0.29, 0.717) is 31.1 Å². The van der Waals surface area contributed by atoms with Crippen LogP contribution in [0.15, 0.2) is 47.3 Å². The largest absolute Gasteiger partial charge is 0.497 e. The van der Waals surface area contributed by atoms with Gasteiger partial charge in [-0.05, 0) is 65.1 Å². The number of aromatic amines is 1. The molecule has 0 radical (unpaired) electrons. The Kier molecular flexibility index (Phi) is 6.12. The Morgan fingerprint density at radius 2 is 1.91 bits per heavy atom. The molecule has 5 rings (SSSR count). The summed E-state index contributed by atoms with van der Waals surface area (Å²) in [6.07, 6.45) is 0. The van der Waals surface area contributed by atoms with Crippen LogP contribution in [0, 0.1) is 13.8 Å². The SMILES string of the molecule is COc1ccc(Cn2nnnc2[C@H](c2cc3cc(C)cc(C)c3[nH]c2=O)[NH+]2CCOCC2)cc1. The molecule has 9 heteroatoms. The van der Waals surface area contributed by atoms with Crippen molar-refractivity contribution in [1.82, 2.24) is 25.2 Å². The fourth-order valence-corrected chi connectivity index (χ4v) is 4.82. The number of aryl methyl sites for hydroxylation is 2. The zero-order valence-corrected chi connectivity index (χ0v) is 19.7. The number of H-pyrrole nitrogens is 1. The van der Waals surface area contributed by atoms with Crippen LogP contribution in [0.3, 0.4) is 0 Å². The topological polar surface area (TPSA) is 99.4 Å². The Morgan fingerprint density at radius 1 is 1.15 bits per heavy atom. The summed E-state index contributed by atoms with van der Waals surface area (Å²) in [7, 11) is 1.65. The lowest BCUT2D eigenvalue weighted by Gasteiger charge is -2.30. The highest BCUT2D eigenvalue weighted by atomic mass is 16.5. The summed E-state index contributed by atoms with van der Waals surface area (Å²) in [5, 5.41) is 13.7. The summed E-state index contributed by atoms with van der Waals surface area (Å²) in [5.41, 5.74) is 4.68. The molecule has 1 fully saturated rings. The van der Waals surface area contributed by atoms with Gasteiger partial charge in [-0.3, -0.25) is 4.79 Å². The van der Waals surface area contributed by atoms with Gasteiger partial charge in [-0.2, -0.15) is 0 Å². The van der Waals surface area contributed by atoms with E-state index in [1.54, 1.807) is 11.8 Å². The summed E-state index contributed by atoms with van der Waals surface area (Å²) in [6, 6.07) is 13.7. The Labute approximate surface area is 197 Å². The van der Waals surface area contributed by atoms with E-state index in [0.717, 1.165) is 46.4 Å². The van der Waals surface area contributed by atoms with Crippen LogP contribution in [0.25, 0.3) is 10.9 Å². The van der Waals surface area contributed by atoms with Crippen LogP contribution < -0.4 is 15.2 Å². The average molecular weight is 462 g/mol. The molecule has 0 unspecified atom stereocenters. The standard InChI is InChI=1S/C25H28N6O3/c1-16-12-17(2)22-19(13-16)14-21(25(32)26-22)23(30-8-10-34-11-9-30)24-27-28-29-31(24)15-18-4-6-20(33-3)7-5-18/h4-7,12-14,23H,8-11,15H2,1-3H3,(H,26,32)/p+1/t23-/m0/s1. The number of aromatic nitrogens is 5. The summed E-state index contributed by atoms with van der Waals surface area (Å²) in [5.74, 6) is 1.46. The molecule has 0 amide bonds. The third-order valence-corrected chi connectivity index (χ3v) is 6.49. The fourth-order valence-electron chi connectivity index (χ4n) is 4.82. The van der Waals surface area contributed by atoms with Crippen LogP contribution in [0.2, 0.25) is 0 Å². The van der Waals surface area contributed by atoms with Crippen molar-refractivity contribution in [3.05, 3.63) is 80.9 Å². The number of quaternary nitrogens is 1. The average Bonchev–Trinajstić information content (AvgIpc) is 3.29. The number of hydrogen-bond acceptors (Lipinski definition) is 6. The molecule has 1 atom stereocenters. The van der Waals surface area contributed by atoms with Gasteiger partial charge in [0.05, 0.1) is 37.9 Å². The van der Waals surface area contributed by atoms with Gasteiger partial charge in [0.1, 0.15) is 18.8 Å². The Balaban J connectivity index is 1.60. The number of benzene rings is 2. The smallest absolute Gasteiger partial charge is 0.258 e. The fraction of sp³-hybridized carbons (Fsp3) is 0.360. The van der Waals surface area contributed by atoms with Crippen LogP contribution >= 0.6 is 0 Å². The summed E-state index contributed by atoms with van der Waals surface area (Å²) in [4.78, 5) is 17.7. The van der Waals surface area contributed by atoms with Crippen molar-refractivity contribution in [2.75, 3.05) is 33.4 Å². The van der Waals surface area contributed by atoms with Gasteiger partial charge in [-0.15, -0.1) is 5.10 Å². The third-order valence-electron chi connectivity index (χ3n) is 6.49. The van der Waals surface area contributed by atoms with Crippen molar-refractivity contribution in [2.24, 2.45) is 0 Å². The van der Waals surface area contributed by atoms with Gasteiger partial charge < -0.3 is 19.4 Å². The van der Waals surface area contributed by atoms with E-state index in [-0.39, 0.29) is 11.6 Å². The van der Waals surface area contributed by atoms with Crippen LogP contribution in [-0.4, -0.2) is 58.6 Å². The van der Waals surface area contributed by atoms with Crippen LogP contribution in [0.4, 0.5) is 0 Å². The molecule has 1 aliphatic heterocycles. The molecule has 176 valence electrons. The second-order valence-electron chi connectivity index (χ2n) is 8.85. The molecule has 0 bridgehead atoms. The van der Waals surface area contributed by atoms with E-state index >= 15 is 0 Å². The lowest BCUT2D eigenvalue weighted by atomic mass is 10.0. The Bertz CT molecular complexity index is 1360. The molecular formula is C25H29N6O3+. The van der Waals surface area contributed by atoms with Gasteiger partial charge >= 0.3 is 0 Å². The minimum atomic E-state index is -0.314. The number of rotatable bonds is 6. The van der Waals surface area contributed by atoms with E-state index in [4.69, 9.17) is 9.47 Å². The monoisotopic (exact) mass is 461 g/mol. The number of nitrogens with one attached hydrogen (secondary N) is 2. The number of pyridine rings is 1. The molecule has 1 aliphatic rings. The number of hydrogen-bond donors (Lipinski definition) is 2. The summed E-state index contributed by atoms with van der Waals surface area (Å²) in [6.45, 7) is 7.39. The maximum Gasteiger partial charge on any atom is 0.258 e. The van der Waals surface area contributed by atoms with Gasteiger partial charge in [0.25, 0.3) is 5.56 Å². The van der Waals surface area contributed by atoms with Crippen molar-refractivity contribution in [3.8, 4) is 5.75 Å². The highest BCUT2D eigenvalue weighted by molar-refractivity contribution is 5.83. The molecule has 2 aromatic heterocycles. The molecule has 2 N–H and O–H groups in total. The van der Waals surface area contributed by atoms with E-state index in [2.05, 4.69) is 39.6 Å². The first-order valence-electron chi connectivity index (χ1n) is 11.5. The van der Waals surface area contributed by atoms with Crippen LogP contribution in [-0.2, 0) is 11.3 Å². The molecule has 0 spiro atoms. The minimum absolute atomic E-state index is 0.109. The summed E-state index contributed by atoms with van der Waals surface area (Å²) >= 11 is 0. The zero-order valence-electron chi connectivity index (χ0n) is 19.7. The molecular weight excluding hydrogens is 432 g/mol. The molecule has 2 aromatic carbocycles. The highest BCUT2D eigenvalue weighted by Crippen LogP contribution is 2.22. The molecule has 0 saturated carbocycles. The predicted octanol–water partition coefficient (Wildman–Crippen LogP) is 1.19. The first kappa shape index (κ1) is 22.2. The lowest BCUT2D eigenvalue weighted by Crippen LogP contribution is -3.14. The third kappa shape index (κ3) is 4.32. The Morgan fingerprint density at radius 3 is 2.65 bits per heavy atom. The predicted molar refractivity (Wildman–Crippen MR) is 127 cm³/mol. The lowest BCUT2D eigenvalue weighted by molar-refractivity contribution is -0.933. The normalized spacial score (nSPS) is 15.5. The number of fused-ring (bicyclic) bond motifs is 1. The molecule has 34 heavy (non-hydrogen) atoms. The van der Waals surface area contributed by atoms with Crippen LogP contribution in [0.1, 0.15) is 34.1 Å². The number of nitrogens with zero attached hydrogens (tertiary/aromatic N) is 4. The summed E-state index contributed by atoms with van der Waals surface area (Å²) < 4.78 is 12.7. The van der Waals surface area contributed by atoms with Gasteiger partial charge in [0.15, 0.2) is 6.04 Å². The van der Waals surface area contributed by atoms with Gasteiger partial charge in [0.2, 0.25) is 5.82 Å². The molecule has 1 saturated heterocycles. The van der Waals surface area contributed by atoms with E-state index < -0.39 is 0 Å². The Hall–Kier alpha value is -3.56. The number of methoxy groups -OCH3 is 1. The van der Waals surface area contributed by atoms with E-state index in [1.165, 1.54) is 4.90 Å². The van der Waals surface area contributed by atoms with Gasteiger partial charge in [-0.1, -0.05) is 23.8 Å². The maximum absolute atomic E-state index is 13.4. The highest BCUT2D eigenvalue weighted by Gasteiger charge is 2.35. The van der Waals surface area contributed by atoms with Crippen molar-refractivity contribution in [1.29, 1.82) is 0 Å². The first-order valence-corrected chi connectivity index (χ1v) is 11.5. The number of tetrazole rings is 1. The van der Waals surface area contributed by atoms with Gasteiger partial charge in [-0.25, -0.2) is 4.68 Å². The second-order valence-corrected chi connectivity index (χ2v) is 8.85. The number of morpholine rings is 1. The van der Waals surface area contributed by atoms with Gasteiger partial charge in [0, 0.05) is 0 Å². The van der Waals surface area contributed by atoms with Crippen molar-refractivity contribution in [3.63, 3.8) is 0 Å². The molecule has 4 aromatic rings. The first-order chi connectivity index (χ1) is 16.5. The molecule has 0 aliphatic carbocycles. The zero-order chi connectivity index (χ0) is 23.7. The van der Waals surface area contributed by atoms with Crippen molar-refractivity contribution < 1.29 is 14.4 Å².